The maximum Gasteiger partial charge on any atom is 0.225 e. The fourth-order valence-electron chi connectivity index (χ4n) is 4.34. The standard InChI is InChI=1S/C25H23N11O2/c26-9-17-2-1-3-18(8-17)22-13-27-23-24(31-22)36(33-32-23)16-21-15-34(5-7-38-21)25-28-10-19(11-29-25)20-12-30-35(14-20)4-6-37/h1-3,8,10-14,21,37H,4-7,15-16H2/t21-/m0/s1. The van der Waals surface area contributed by atoms with Gasteiger partial charge in [-0.2, -0.15) is 10.4 Å². The lowest BCUT2D eigenvalue weighted by Gasteiger charge is -2.32. The van der Waals surface area contributed by atoms with Gasteiger partial charge in [0.15, 0.2) is 5.65 Å². The molecule has 38 heavy (non-hydrogen) atoms. The first-order valence-corrected chi connectivity index (χ1v) is 12.1. The van der Waals surface area contributed by atoms with Crippen LogP contribution in [0.5, 0.6) is 0 Å². The summed E-state index contributed by atoms with van der Waals surface area (Å²) in [4.78, 5) is 20.3. The zero-order chi connectivity index (χ0) is 25.9. The second-order valence-electron chi connectivity index (χ2n) is 8.79. The van der Waals surface area contributed by atoms with Crippen molar-refractivity contribution < 1.29 is 9.84 Å². The summed E-state index contributed by atoms with van der Waals surface area (Å²) in [5.41, 5.74) is 4.73. The smallest absolute Gasteiger partial charge is 0.225 e. The van der Waals surface area contributed by atoms with E-state index in [0.717, 1.165) is 16.7 Å². The number of aromatic nitrogens is 9. The molecular formula is C25H23N11O2. The minimum atomic E-state index is -0.180. The summed E-state index contributed by atoms with van der Waals surface area (Å²) >= 11 is 0. The lowest BCUT2D eigenvalue weighted by atomic mass is 10.1. The highest BCUT2D eigenvalue weighted by molar-refractivity contribution is 5.70. The Balaban J connectivity index is 1.17. The first kappa shape index (κ1) is 23.6. The van der Waals surface area contributed by atoms with Crippen molar-refractivity contribution in [3.8, 4) is 28.5 Å². The SMILES string of the molecule is N#Cc1cccc(-c2cnc3nnn(C[C@@H]4CN(c5ncc(-c6cnn(CCO)c6)cn5)CCO4)c3n2)c1. The molecule has 1 aromatic carbocycles. The Hall–Kier alpha value is -4.80. The first-order chi connectivity index (χ1) is 18.7. The number of rotatable bonds is 7. The largest absolute Gasteiger partial charge is 0.394 e. The van der Waals surface area contributed by atoms with E-state index in [9.17, 15) is 5.26 Å². The number of nitriles is 1. The molecule has 0 radical (unpaired) electrons. The third-order valence-electron chi connectivity index (χ3n) is 6.25. The second-order valence-corrected chi connectivity index (χ2v) is 8.79. The maximum atomic E-state index is 9.21. The maximum absolute atomic E-state index is 9.21. The van der Waals surface area contributed by atoms with Crippen LogP contribution < -0.4 is 4.90 Å². The molecular weight excluding hydrogens is 486 g/mol. The summed E-state index contributed by atoms with van der Waals surface area (Å²) in [5.74, 6) is 0.618. The molecule has 0 aliphatic carbocycles. The van der Waals surface area contributed by atoms with Crippen molar-refractivity contribution in [3.05, 3.63) is 60.8 Å². The molecule has 1 aliphatic rings. The molecule has 13 nitrogen and oxygen atoms in total. The monoisotopic (exact) mass is 509 g/mol. The highest BCUT2D eigenvalue weighted by atomic mass is 16.5. The van der Waals surface area contributed by atoms with Gasteiger partial charge in [-0.25, -0.2) is 24.6 Å². The van der Waals surface area contributed by atoms with Crippen molar-refractivity contribution in [3.63, 3.8) is 0 Å². The van der Waals surface area contributed by atoms with Crippen LogP contribution in [-0.4, -0.2) is 82.2 Å². The number of ether oxygens (including phenoxy) is 1. The van der Waals surface area contributed by atoms with Gasteiger partial charge in [-0.1, -0.05) is 17.3 Å². The molecule has 1 fully saturated rings. The Kier molecular flexibility index (Phi) is 6.39. The van der Waals surface area contributed by atoms with Gasteiger partial charge in [0.2, 0.25) is 11.6 Å². The summed E-state index contributed by atoms with van der Waals surface area (Å²) in [7, 11) is 0. The van der Waals surface area contributed by atoms with E-state index in [1.807, 2.05) is 18.3 Å². The van der Waals surface area contributed by atoms with Gasteiger partial charge in [-0.05, 0) is 12.1 Å². The topological polar surface area (TPSA) is 157 Å². The minimum Gasteiger partial charge on any atom is -0.394 e. The van der Waals surface area contributed by atoms with E-state index in [-0.39, 0.29) is 12.7 Å². The third-order valence-corrected chi connectivity index (χ3v) is 6.25. The molecule has 1 N–H and O–H groups in total. The Morgan fingerprint density at radius 3 is 2.82 bits per heavy atom. The van der Waals surface area contributed by atoms with Crippen LogP contribution in [-0.2, 0) is 17.8 Å². The molecule has 1 saturated heterocycles. The van der Waals surface area contributed by atoms with Gasteiger partial charge in [0.05, 0.1) is 62.1 Å². The van der Waals surface area contributed by atoms with Crippen LogP contribution in [0.25, 0.3) is 33.7 Å². The van der Waals surface area contributed by atoms with E-state index in [1.54, 1.807) is 46.3 Å². The van der Waals surface area contributed by atoms with Gasteiger partial charge in [0.1, 0.15) is 0 Å². The molecule has 5 heterocycles. The Morgan fingerprint density at radius 2 is 1.97 bits per heavy atom. The van der Waals surface area contributed by atoms with Crippen molar-refractivity contribution in [2.75, 3.05) is 31.2 Å². The number of aliphatic hydroxyl groups excluding tert-OH is 1. The van der Waals surface area contributed by atoms with Gasteiger partial charge in [-0.3, -0.25) is 4.68 Å². The molecule has 1 atom stereocenters. The second kappa shape index (κ2) is 10.3. The predicted octanol–water partition coefficient (Wildman–Crippen LogP) is 1.31. The van der Waals surface area contributed by atoms with Crippen molar-refractivity contribution in [2.45, 2.75) is 19.2 Å². The molecule has 0 spiro atoms. The highest BCUT2D eigenvalue weighted by Gasteiger charge is 2.24. The summed E-state index contributed by atoms with van der Waals surface area (Å²) < 4.78 is 9.39. The van der Waals surface area contributed by atoms with E-state index in [4.69, 9.17) is 14.8 Å². The quantitative estimate of drug-likeness (QED) is 0.337. The Labute approximate surface area is 217 Å². The van der Waals surface area contributed by atoms with Crippen LogP contribution in [0.1, 0.15) is 5.56 Å². The molecule has 0 unspecified atom stereocenters. The first-order valence-electron chi connectivity index (χ1n) is 12.1. The van der Waals surface area contributed by atoms with Gasteiger partial charge >= 0.3 is 0 Å². The lowest BCUT2D eigenvalue weighted by molar-refractivity contribution is 0.0273. The van der Waals surface area contributed by atoms with E-state index < -0.39 is 0 Å². The number of hydrogen-bond acceptors (Lipinski definition) is 11. The molecule has 190 valence electrons. The summed E-state index contributed by atoms with van der Waals surface area (Å²) in [6.07, 6.45) is 8.59. The third kappa shape index (κ3) is 4.77. The van der Waals surface area contributed by atoms with Crippen LogP contribution in [0.15, 0.2) is 55.2 Å². The van der Waals surface area contributed by atoms with Crippen molar-refractivity contribution in [1.29, 1.82) is 5.26 Å². The average molecular weight is 510 g/mol. The van der Waals surface area contributed by atoms with Gasteiger partial charge < -0.3 is 14.7 Å². The molecule has 13 heteroatoms. The summed E-state index contributed by atoms with van der Waals surface area (Å²) in [6, 6.07) is 9.38. The average Bonchev–Trinajstić information content (AvgIpc) is 3.60. The number of fused-ring (bicyclic) bond motifs is 1. The summed E-state index contributed by atoms with van der Waals surface area (Å²) in [5, 5.41) is 30.9. The minimum absolute atomic E-state index is 0.0308. The number of anilines is 1. The summed E-state index contributed by atoms with van der Waals surface area (Å²) in [6.45, 7) is 2.67. The van der Waals surface area contributed by atoms with Crippen LogP contribution in [0.3, 0.4) is 0 Å². The number of aliphatic hydroxyl groups is 1. The molecule has 5 aromatic rings. The predicted molar refractivity (Wildman–Crippen MR) is 136 cm³/mol. The van der Waals surface area contributed by atoms with Crippen LogP contribution in [0.2, 0.25) is 0 Å². The zero-order valence-corrected chi connectivity index (χ0v) is 20.3. The van der Waals surface area contributed by atoms with Gasteiger partial charge in [0.25, 0.3) is 0 Å². The van der Waals surface area contributed by atoms with E-state index in [2.05, 4.69) is 41.3 Å². The van der Waals surface area contributed by atoms with Crippen molar-refractivity contribution in [2.24, 2.45) is 0 Å². The van der Waals surface area contributed by atoms with E-state index in [0.29, 0.717) is 61.3 Å². The van der Waals surface area contributed by atoms with Crippen molar-refractivity contribution >= 4 is 17.2 Å². The Bertz CT molecular complexity index is 1610. The van der Waals surface area contributed by atoms with Crippen LogP contribution >= 0.6 is 0 Å². The molecule has 4 aromatic heterocycles. The lowest BCUT2D eigenvalue weighted by Crippen LogP contribution is -2.45. The van der Waals surface area contributed by atoms with E-state index in [1.165, 1.54) is 0 Å². The number of morpholine rings is 1. The normalized spacial score (nSPS) is 15.6. The van der Waals surface area contributed by atoms with Gasteiger partial charge in [0, 0.05) is 48.4 Å². The number of hydrogen-bond donors (Lipinski definition) is 1. The van der Waals surface area contributed by atoms with E-state index >= 15 is 0 Å². The van der Waals surface area contributed by atoms with Crippen molar-refractivity contribution in [1.82, 2.24) is 44.7 Å². The Morgan fingerprint density at radius 1 is 1.08 bits per heavy atom. The van der Waals surface area contributed by atoms with Crippen LogP contribution in [0.4, 0.5) is 5.95 Å². The number of nitrogens with zero attached hydrogens (tertiary/aromatic N) is 11. The highest BCUT2D eigenvalue weighted by Crippen LogP contribution is 2.22. The van der Waals surface area contributed by atoms with Crippen LogP contribution in [0, 0.1) is 11.3 Å². The molecule has 1 aliphatic heterocycles. The molecule has 0 bridgehead atoms. The van der Waals surface area contributed by atoms with Gasteiger partial charge in [-0.15, -0.1) is 5.10 Å². The molecule has 6 rings (SSSR count). The molecule has 0 amide bonds. The fraction of sp³-hybridized carbons (Fsp3) is 0.280. The fourth-order valence-corrected chi connectivity index (χ4v) is 4.34. The molecule has 0 saturated carbocycles. The number of benzene rings is 1. The zero-order valence-electron chi connectivity index (χ0n) is 20.3.